The minimum absolute atomic E-state index is 0. The molecule has 1 radical (unpaired) electrons. The van der Waals surface area contributed by atoms with Crippen molar-refractivity contribution in [2.45, 2.75) is 50.3 Å². The van der Waals surface area contributed by atoms with Gasteiger partial charge in [0.2, 0.25) is 0 Å². The largest absolute Gasteiger partial charge is 3.00 e. The molecule has 1 atom stereocenters. The van der Waals surface area contributed by atoms with E-state index >= 15 is 0 Å². The number of piperidine rings is 2. The summed E-state index contributed by atoms with van der Waals surface area (Å²) < 4.78 is 5.46. The van der Waals surface area contributed by atoms with Gasteiger partial charge >= 0.3 is 31.1 Å². The van der Waals surface area contributed by atoms with Gasteiger partial charge in [-0.3, -0.25) is 4.90 Å². The average Bonchev–Trinajstić information content (AvgIpc) is 3.18. The molecule has 6 heteroatoms. The molecule has 1 unspecified atom stereocenters. The zero-order valence-electron chi connectivity index (χ0n) is 18.6. The van der Waals surface area contributed by atoms with E-state index in [1.807, 2.05) is 0 Å². The standard InChI is InChI=1S/C11H21N2O.C10H19N2.CH3.U/c1-10-9-13(7-8-14-10)11-3-5-12(2)6-4-11;1-11-8-4-10(5-9-11)12-6-2-3-7-12;;/h10-11H,1,3-9H2,2H3;2,10H,3-9H2,1H3;1H3;/q3*-1;+3. The van der Waals surface area contributed by atoms with Gasteiger partial charge < -0.3 is 40.2 Å². The van der Waals surface area contributed by atoms with Crippen molar-refractivity contribution >= 4 is 0 Å². The molecule has 0 aliphatic carbocycles. The van der Waals surface area contributed by atoms with Gasteiger partial charge in [-0.1, -0.05) is 6.10 Å². The van der Waals surface area contributed by atoms with E-state index in [1.165, 1.54) is 71.4 Å². The van der Waals surface area contributed by atoms with E-state index in [9.17, 15) is 0 Å². The molecular weight excluding hydrogens is 574 g/mol. The Morgan fingerprint density at radius 1 is 0.821 bits per heavy atom. The van der Waals surface area contributed by atoms with Crippen LogP contribution >= 0.6 is 0 Å². The Balaban J connectivity index is 0.000000264. The average molecular weight is 618 g/mol. The molecule has 161 valence electrons. The van der Waals surface area contributed by atoms with Crippen LogP contribution in [-0.4, -0.2) is 111 Å². The van der Waals surface area contributed by atoms with Crippen molar-refractivity contribution in [3.8, 4) is 0 Å². The second kappa shape index (κ2) is 14.0. The third-order valence-corrected chi connectivity index (χ3v) is 6.56. The summed E-state index contributed by atoms with van der Waals surface area (Å²) in [7, 11) is 4.44. The number of hydrogen-bond donors (Lipinski definition) is 0. The molecule has 4 aliphatic heterocycles. The first-order valence-corrected chi connectivity index (χ1v) is 10.7. The Kier molecular flexibility index (Phi) is 13.5. The zero-order valence-corrected chi connectivity index (χ0v) is 22.8. The topological polar surface area (TPSA) is 22.2 Å². The molecule has 4 heterocycles. The van der Waals surface area contributed by atoms with Crippen molar-refractivity contribution < 1.29 is 35.9 Å². The van der Waals surface area contributed by atoms with Gasteiger partial charge in [0, 0.05) is 18.6 Å². The van der Waals surface area contributed by atoms with Crippen molar-refractivity contribution in [3.05, 3.63) is 20.8 Å². The Hall–Kier alpha value is 0.852. The molecular formula is C22H43N4OU. The molecule has 4 rings (SSSR count). The smallest absolute Gasteiger partial charge is 0.408 e. The predicted octanol–water partition coefficient (Wildman–Crippen LogP) is 2.06. The molecule has 0 aromatic heterocycles. The summed E-state index contributed by atoms with van der Waals surface area (Å²) in [6, 6.07) is 1.67. The maximum Gasteiger partial charge on any atom is 3.00 e. The van der Waals surface area contributed by atoms with Crippen LogP contribution in [-0.2, 0) is 4.74 Å². The Morgan fingerprint density at radius 2 is 1.36 bits per heavy atom. The van der Waals surface area contributed by atoms with Crippen LogP contribution in [0.15, 0.2) is 0 Å². The van der Waals surface area contributed by atoms with Gasteiger partial charge in [0.25, 0.3) is 0 Å². The molecule has 0 aromatic carbocycles. The second-order valence-corrected chi connectivity index (χ2v) is 8.63. The van der Waals surface area contributed by atoms with Crippen LogP contribution in [0.5, 0.6) is 0 Å². The van der Waals surface area contributed by atoms with E-state index in [-0.39, 0.29) is 44.6 Å². The first kappa shape index (κ1) is 26.9. The van der Waals surface area contributed by atoms with Crippen molar-refractivity contribution in [1.82, 2.24) is 19.6 Å². The van der Waals surface area contributed by atoms with Crippen LogP contribution < -0.4 is 0 Å². The number of likely N-dealkylation sites (tertiary alicyclic amines) is 3. The molecule has 0 spiro atoms. The second-order valence-electron chi connectivity index (χ2n) is 8.63. The van der Waals surface area contributed by atoms with Crippen LogP contribution in [0, 0.1) is 51.9 Å². The van der Waals surface area contributed by atoms with E-state index in [4.69, 9.17) is 4.74 Å². The van der Waals surface area contributed by atoms with Crippen LogP contribution in [0.2, 0.25) is 0 Å². The van der Waals surface area contributed by atoms with Crippen LogP contribution in [0.4, 0.5) is 0 Å². The normalized spacial score (nSPS) is 29.5. The number of rotatable bonds is 2. The molecule has 28 heavy (non-hydrogen) atoms. The van der Waals surface area contributed by atoms with E-state index < -0.39 is 0 Å². The van der Waals surface area contributed by atoms with E-state index in [2.05, 4.69) is 47.0 Å². The first-order valence-electron chi connectivity index (χ1n) is 10.7. The molecule has 0 bridgehead atoms. The minimum Gasteiger partial charge on any atom is -0.408 e. The quantitative estimate of drug-likeness (QED) is 0.442. The van der Waals surface area contributed by atoms with Gasteiger partial charge in [0.1, 0.15) is 0 Å². The summed E-state index contributed by atoms with van der Waals surface area (Å²) >= 11 is 0. The third kappa shape index (κ3) is 8.54. The molecule has 0 saturated carbocycles. The fraction of sp³-hybridized carbons (Fsp3) is 0.864. The van der Waals surface area contributed by atoms with Gasteiger partial charge in [-0.2, -0.15) is 6.42 Å². The summed E-state index contributed by atoms with van der Waals surface area (Å²) in [5, 5.41) is 0. The molecule has 4 saturated heterocycles. The molecule has 4 aliphatic rings. The zero-order chi connectivity index (χ0) is 18.4. The monoisotopic (exact) mass is 617 g/mol. The van der Waals surface area contributed by atoms with Crippen molar-refractivity contribution in [1.29, 1.82) is 0 Å². The number of hydrogen-bond acceptors (Lipinski definition) is 5. The molecule has 0 amide bonds. The Labute approximate surface area is 198 Å². The van der Waals surface area contributed by atoms with Gasteiger partial charge in [-0.25, -0.2) is 0 Å². The summed E-state index contributed by atoms with van der Waals surface area (Å²) in [6.45, 7) is 14.6. The SMILES string of the molecule is CN1CCC(N2C[CH-]CC2)CC1.[CH2-]C1CN(C2CCN(C)CC2)CCO1.[CH3-].[U+3]. The molecule has 5 nitrogen and oxygen atoms in total. The van der Waals surface area contributed by atoms with Gasteiger partial charge in [0.15, 0.2) is 0 Å². The first-order chi connectivity index (χ1) is 12.6. The minimum atomic E-state index is 0. The van der Waals surface area contributed by atoms with E-state index in [1.54, 1.807) is 0 Å². The van der Waals surface area contributed by atoms with Crippen LogP contribution in [0.25, 0.3) is 0 Å². The van der Waals surface area contributed by atoms with Crippen LogP contribution in [0.1, 0.15) is 32.1 Å². The van der Waals surface area contributed by atoms with Crippen molar-refractivity contribution in [2.75, 3.05) is 73.1 Å². The Morgan fingerprint density at radius 3 is 1.82 bits per heavy atom. The summed E-state index contributed by atoms with van der Waals surface area (Å²) in [6.07, 6.45) is 9.29. The summed E-state index contributed by atoms with van der Waals surface area (Å²) in [5.41, 5.74) is 0. The van der Waals surface area contributed by atoms with E-state index in [0.29, 0.717) is 0 Å². The summed E-state index contributed by atoms with van der Waals surface area (Å²) in [5.74, 6) is 0. The third-order valence-electron chi connectivity index (χ3n) is 6.56. The molecule has 0 N–H and O–H groups in total. The molecule has 4 fully saturated rings. The molecule has 0 aromatic rings. The van der Waals surface area contributed by atoms with Gasteiger partial charge in [-0.05, 0) is 79.0 Å². The summed E-state index contributed by atoms with van der Waals surface area (Å²) in [4.78, 5) is 10.1. The number of nitrogens with zero attached hydrogens (tertiary/aromatic N) is 4. The van der Waals surface area contributed by atoms with Crippen molar-refractivity contribution in [2.24, 2.45) is 0 Å². The number of morpholine rings is 1. The predicted molar refractivity (Wildman–Crippen MR) is 115 cm³/mol. The van der Waals surface area contributed by atoms with Crippen molar-refractivity contribution in [3.63, 3.8) is 0 Å². The van der Waals surface area contributed by atoms with E-state index in [0.717, 1.165) is 31.8 Å². The fourth-order valence-electron chi connectivity index (χ4n) is 4.73. The fourth-order valence-corrected chi connectivity index (χ4v) is 4.73. The number of ether oxygens (including phenoxy) is 1. The Bertz CT molecular complexity index is 392. The van der Waals surface area contributed by atoms with Gasteiger partial charge in [-0.15, -0.1) is 6.54 Å². The van der Waals surface area contributed by atoms with Gasteiger partial charge in [0.05, 0.1) is 6.61 Å². The maximum atomic E-state index is 5.46. The maximum absolute atomic E-state index is 5.46. The van der Waals surface area contributed by atoms with Crippen LogP contribution in [0.3, 0.4) is 0 Å².